The molecular formula is C92H76O28. The predicted molar refractivity (Wildman–Crippen MR) is 416 cm³/mol. The lowest BCUT2D eigenvalue weighted by Crippen LogP contribution is -2.68. The fourth-order valence-electron chi connectivity index (χ4n) is 13.7. The van der Waals surface area contributed by atoms with Crippen LogP contribution in [-0.4, -0.2) is 190 Å². The van der Waals surface area contributed by atoms with E-state index in [0.29, 0.717) is 0 Å². The molecule has 0 amide bonds. The minimum atomic E-state index is -2.44. The first-order valence-electron chi connectivity index (χ1n) is 38.1. The van der Waals surface area contributed by atoms with Crippen LogP contribution in [0, 0.1) is 0 Å². The van der Waals surface area contributed by atoms with Crippen LogP contribution in [0.25, 0.3) is 0 Å². The van der Waals surface area contributed by atoms with Gasteiger partial charge in [0.1, 0.15) is 56.4 Å². The summed E-state index contributed by atoms with van der Waals surface area (Å²) in [6.45, 7) is -1.45. The number of rotatable bonds is 29. The minimum absolute atomic E-state index is 0.0134. The molecule has 10 aromatic rings. The molecule has 612 valence electrons. The van der Waals surface area contributed by atoms with E-state index in [1.54, 1.807) is 97.1 Å². The highest BCUT2D eigenvalue weighted by Crippen LogP contribution is 2.44. The van der Waals surface area contributed by atoms with Crippen molar-refractivity contribution >= 4 is 65.7 Å². The molecule has 4 aliphatic heterocycles. The van der Waals surface area contributed by atoms with Gasteiger partial charge in [-0.3, -0.25) is 4.79 Å². The summed E-state index contributed by atoms with van der Waals surface area (Å²) in [5.41, 5.74) is -0.723. The maximum atomic E-state index is 15.4. The first-order chi connectivity index (χ1) is 58.5. The summed E-state index contributed by atoms with van der Waals surface area (Å²) in [5, 5.41) is 0. The number of carbonyl (C=O) groups is 11. The van der Waals surface area contributed by atoms with E-state index in [9.17, 15) is 24.0 Å². The lowest BCUT2D eigenvalue weighted by atomic mass is 9.93. The zero-order valence-electron chi connectivity index (χ0n) is 63.7. The van der Waals surface area contributed by atoms with Crippen LogP contribution >= 0.6 is 0 Å². The van der Waals surface area contributed by atoms with Crippen molar-refractivity contribution in [1.82, 2.24) is 0 Å². The van der Waals surface area contributed by atoms with E-state index in [0.717, 1.165) is 6.92 Å². The van der Waals surface area contributed by atoms with Crippen molar-refractivity contribution in [2.24, 2.45) is 0 Å². The number of ether oxygens (including phenoxy) is 17. The molecule has 10 aromatic carbocycles. The number of hydrogen-bond acceptors (Lipinski definition) is 28. The Bertz CT molecular complexity index is 5180. The van der Waals surface area contributed by atoms with Gasteiger partial charge in [-0.15, -0.1) is 0 Å². The zero-order chi connectivity index (χ0) is 83.4. The van der Waals surface area contributed by atoms with Crippen molar-refractivity contribution in [2.45, 2.75) is 111 Å². The summed E-state index contributed by atoms with van der Waals surface area (Å²) in [6.07, 6.45) is -35.3. The fourth-order valence-corrected chi connectivity index (χ4v) is 13.7. The molecule has 0 spiro atoms. The molecule has 0 radical (unpaired) electrons. The van der Waals surface area contributed by atoms with Crippen molar-refractivity contribution in [2.75, 3.05) is 19.8 Å². The molecule has 0 aliphatic carbocycles. The van der Waals surface area contributed by atoms with Crippen LogP contribution in [-0.2, 0) is 85.3 Å². The average molecular weight is 1630 g/mol. The molecule has 2 bridgehead atoms. The minimum Gasteiger partial charge on any atom is -0.463 e. The average Bonchev–Trinajstić information content (AvgIpc) is 1.54. The number of carbonyl (C=O) groups excluding carboxylic acids is 11. The van der Waals surface area contributed by atoms with Gasteiger partial charge in [-0.2, -0.15) is 0 Å². The third-order valence-corrected chi connectivity index (χ3v) is 19.5. The number of benzene rings is 10. The Morgan fingerprint density at radius 1 is 0.258 bits per heavy atom. The van der Waals surface area contributed by atoms with Crippen LogP contribution in [0.1, 0.15) is 111 Å². The van der Waals surface area contributed by atoms with Crippen LogP contribution in [0.4, 0.5) is 0 Å². The topological polar surface area (TPSA) is 345 Å². The third-order valence-electron chi connectivity index (χ3n) is 19.5. The predicted octanol–water partition coefficient (Wildman–Crippen LogP) is 11.4. The number of hydrogen-bond donors (Lipinski definition) is 0. The normalized spacial score (nSPS) is 23.6. The standard InChI is InChI=1S/C92H76O28/c1-55(93)104-52-67-71-73(119-91-77(114-87(101)63-46-26-9-27-47-63)74(112-85(99)61-42-22-7-23-43-61)69(110-83(97)59-38-18-5-19-39-59)68(109-91)54-106-81(95)57-34-14-3-15-35-57)76(79(90(108-67)117-71)116-89(103)65-50-30-11-31-51-65)120-92-78(115-88(102)64-48-28-10-29-49-64)75(113-86(100)62-44-24-8-25-45-62)72(111-84(98)60-40-20-6-21-41-60)70(118-92)66(107-82(96)58-36-16-4-17-37-58)53-105-80(94)56-32-12-2-13-33-56/h2-51,66-79,90-92H,52-54H2,1H3/t66-,67-,68+,69+,70+,71+,72+,73+,74-,75-,76-,77+,78-,79-,90+,91-,92+/m0/s1. The van der Waals surface area contributed by atoms with E-state index in [1.807, 2.05) is 0 Å². The van der Waals surface area contributed by atoms with Gasteiger partial charge < -0.3 is 80.5 Å². The van der Waals surface area contributed by atoms with Crippen molar-refractivity contribution in [3.05, 3.63) is 359 Å². The molecule has 0 saturated carbocycles. The van der Waals surface area contributed by atoms with Crippen LogP contribution in [0.2, 0.25) is 0 Å². The summed E-state index contributed by atoms with van der Waals surface area (Å²) in [4.78, 5) is 163. The Kier molecular flexibility index (Phi) is 27.1. The van der Waals surface area contributed by atoms with E-state index in [2.05, 4.69) is 0 Å². The summed E-state index contributed by atoms with van der Waals surface area (Å²) in [7, 11) is 0. The van der Waals surface area contributed by atoms with Gasteiger partial charge in [0.15, 0.2) is 67.7 Å². The van der Waals surface area contributed by atoms with Gasteiger partial charge in [-0.05, 0) is 121 Å². The largest absolute Gasteiger partial charge is 0.463 e. The highest BCUT2D eigenvalue weighted by molar-refractivity contribution is 5.95. The van der Waals surface area contributed by atoms with Gasteiger partial charge in [0.25, 0.3) is 0 Å². The van der Waals surface area contributed by atoms with Crippen LogP contribution in [0.15, 0.2) is 303 Å². The first-order valence-corrected chi connectivity index (χ1v) is 38.1. The Labute approximate surface area is 685 Å². The molecule has 0 N–H and O–H groups in total. The molecule has 14 rings (SSSR count). The van der Waals surface area contributed by atoms with Crippen LogP contribution in [0.3, 0.4) is 0 Å². The molecule has 4 fully saturated rings. The number of esters is 11. The maximum Gasteiger partial charge on any atom is 0.338 e. The second-order valence-corrected chi connectivity index (χ2v) is 27.6. The Balaban J connectivity index is 0.979. The Hall–Kier alpha value is -13.9. The lowest BCUT2D eigenvalue weighted by Gasteiger charge is -2.50. The van der Waals surface area contributed by atoms with E-state index in [4.69, 9.17) is 80.5 Å². The molecule has 4 heterocycles. The first kappa shape index (κ1) is 82.7. The molecule has 4 saturated heterocycles. The SMILES string of the molecule is CC(=O)OC[C@@H]1O[C@@H]2O[C@H]1[C@@H](O[C@@H]1O[C@H](COC(=O)c3ccccc3)[C@@H](OC(=O)c3ccccc3)[C@H](OC(=O)c3ccccc3)[C@H]1OC(=O)c1ccccc1)[C@H](O[C@H]1O[C@H]([C@H](COC(=O)c3ccccc3)OC(=O)c3ccccc3)[C@@H](OC(=O)c3ccccc3)[C@H](OC(=O)c3ccccc3)[C@@H]1OC(=O)c1ccccc1)[C@@H]2OC(=O)c1ccccc1. The van der Waals surface area contributed by atoms with Crippen LogP contribution < -0.4 is 0 Å². The third kappa shape index (κ3) is 20.4. The fraction of sp³-hybridized carbons (Fsp3) is 0.228. The van der Waals surface area contributed by atoms with Gasteiger partial charge in [0.2, 0.25) is 0 Å². The molecule has 28 heteroatoms. The van der Waals surface area contributed by atoms with E-state index >= 15 is 28.8 Å². The summed E-state index contributed by atoms with van der Waals surface area (Å²) in [6, 6.07) is 75.0. The molecule has 4 aliphatic rings. The van der Waals surface area contributed by atoms with Gasteiger partial charge in [0, 0.05) is 6.92 Å². The van der Waals surface area contributed by atoms with Gasteiger partial charge in [-0.25, -0.2) is 47.9 Å². The van der Waals surface area contributed by atoms with Crippen LogP contribution in [0.5, 0.6) is 0 Å². The molecule has 28 nitrogen and oxygen atoms in total. The monoisotopic (exact) mass is 1630 g/mol. The second kappa shape index (κ2) is 39.4. The molecule has 0 aromatic heterocycles. The summed E-state index contributed by atoms with van der Waals surface area (Å²) < 4.78 is 112. The highest BCUT2D eigenvalue weighted by Gasteiger charge is 2.65. The van der Waals surface area contributed by atoms with Crippen molar-refractivity contribution in [3.63, 3.8) is 0 Å². The van der Waals surface area contributed by atoms with E-state index in [-0.39, 0.29) is 55.6 Å². The lowest BCUT2D eigenvalue weighted by molar-refractivity contribution is -0.368. The van der Waals surface area contributed by atoms with Gasteiger partial charge in [-0.1, -0.05) is 182 Å². The summed E-state index contributed by atoms with van der Waals surface area (Å²) in [5.74, 6) is -11.7. The van der Waals surface area contributed by atoms with Crippen molar-refractivity contribution < 1.29 is 133 Å². The molecular weight excluding hydrogens is 1550 g/mol. The molecule has 0 unspecified atom stereocenters. The molecule has 17 atom stereocenters. The Morgan fingerprint density at radius 3 is 0.908 bits per heavy atom. The van der Waals surface area contributed by atoms with Gasteiger partial charge in [0.05, 0.1) is 55.6 Å². The number of fused-ring (bicyclic) bond motifs is 2. The Morgan fingerprint density at radius 2 is 0.542 bits per heavy atom. The van der Waals surface area contributed by atoms with Crippen molar-refractivity contribution in [3.8, 4) is 0 Å². The van der Waals surface area contributed by atoms with E-state index < -0.39 is 190 Å². The second-order valence-electron chi connectivity index (χ2n) is 27.6. The summed E-state index contributed by atoms with van der Waals surface area (Å²) >= 11 is 0. The van der Waals surface area contributed by atoms with E-state index in [1.165, 1.54) is 206 Å². The highest BCUT2D eigenvalue weighted by atomic mass is 16.8. The smallest absolute Gasteiger partial charge is 0.338 e. The van der Waals surface area contributed by atoms with Crippen molar-refractivity contribution in [1.29, 1.82) is 0 Å². The molecule has 120 heavy (non-hydrogen) atoms. The van der Waals surface area contributed by atoms with Gasteiger partial charge >= 0.3 is 65.7 Å². The zero-order valence-corrected chi connectivity index (χ0v) is 63.7. The quantitative estimate of drug-likeness (QED) is 0.0310. The maximum absolute atomic E-state index is 15.4.